The lowest BCUT2D eigenvalue weighted by Gasteiger charge is -2.13. The van der Waals surface area contributed by atoms with Gasteiger partial charge in [0.05, 0.1) is 5.75 Å². The number of ether oxygens (including phenoxy) is 1. The third-order valence-corrected chi connectivity index (χ3v) is 4.21. The van der Waals surface area contributed by atoms with Crippen molar-refractivity contribution in [1.82, 2.24) is 5.32 Å². The molecule has 0 radical (unpaired) electrons. The molecule has 1 aromatic rings. The smallest absolute Gasteiger partial charge is 0.407 e. The molecule has 0 spiro atoms. The number of hydrogen-bond acceptors (Lipinski definition) is 3. The van der Waals surface area contributed by atoms with Crippen LogP contribution in [0, 0.1) is 5.92 Å². The minimum Gasteiger partial charge on any atom is -0.445 e. The van der Waals surface area contributed by atoms with Gasteiger partial charge >= 0.3 is 6.09 Å². The molecule has 5 nitrogen and oxygen atoms in total. The van der Waals surface area contributed by atoms with E-state index < -0.39 is 17.2 Å². The summed E-state index contributed by atoms with van der Waals surface area (Å²) in [5.41, 5.74) is 0.947. The van der Waals surface area contributed by atoms with Crippen LogP contribution in [0.25, 0.3) is 0 Å². The SMILES string of the molecule is O=C(N[C@H]1CC[C@@H](CS(=O)O)C1)OCc1ccccc1. The average molecular weight is 297 g/mol. The standard InChI is InChI=1S/C14H19NO4S/c16-14(19-9-11-4-2-1-3-5-11)15-13-7-6-12(8-13)10-20(17)18/h1-5,12-13H,6-10H2,(H,15,16)(H,17,18)/t12-,13+/m1/s1. The molecule has 0 saturated heterocycles. The van der Waals surface area contributed by atoms with Crippen molar-refractivity contribution < 1.29 is 18.3 Å². The largest absolute Gasteiger partial charge is 0.445 e. The van der Waals surface area contributed by atoms with Gasteiger partial charge in [0.15, 0.2) is 11.1 Å². The van der Waals surface area contributed by atoms with E-state index >= 15 is 0 Å². The predicted octanol–water partition coefficient (Wildman–Crippen LogP) is 2.30. The van der Waals surface area contributed by atoms with E-state index in [9.17, 15) is 9.00 Å². The summed E-state index contributed by atoms with van der Waals surface area (Å²) in [6, 6.07) is 9.55. The number of carbonyl (C=O) groups is 1. The normalized spacial score (nSPS) is 23.2. The van der Waals surface area contributed by atoms with Crippen molar-refractivity contribution in [2.45, 2.75) is 31.9 Å². The van der Waals surface area contributed by atoms with E-state index in [1.54, 1.807) is 0 Å². The van der Waals surface area contributed by atoms with Crippen molar-refractivity contribution in [2.75, 3.05) is 5.75 Å². The van der Waals surface area contributed by atoms with Gasteiger partial charge < -0.3 is 14.6 Å². The van der Waals surface area contributed by atoms with Crippen molar-refractivity contribution in [3.05, 3.63) is 35.9 Å². The van der Waals surface area contributed by atoms with E-state index in [1.807, 2.05) is 30.3 Å². The summed E-state index contributed by atoms with van der Waals surface area (Å²) in [5, 5.41) is 2.81. The molecule has 1 unspecified atom stereocenters. The summed E-state index contributed by atoms with van der Waals surface area (Å²) >= 11 is -1.76. The van der Waals surface area contributed by atoms with Crippen molar-refractivity contribution in [2.24, 2.45) is 5.92 Å². The van der Waals surface area contributed by atoms with Crippen LogP contribution < -0.4 is 5.32 Å². The molecule has 1 aliphatic rings. The Hall–Kier alpha value is -1.40. The highest BCUT2D eigenvalue weighted by molar-refractivity contribution is 7.79. The van der Waals surface area contributed by atoms with E-state index in [4.69, 9.17) is 9.29 Å². The maximum atomic E-state index is 11.7. The quantitative estimate of drug-likeness (QED) is 0.818. The van der Waals surface area contributed by atoms with Crippen molar-refractivity contribution in [3.8, 4) is 0 Å². The monoisotopic (exact) mass is 297 g/mol. The number of carbonyl (C=O) groups excluding carboxylic acids is 1. The third kappa shape index (κ3) is 4.94. The number of amides is 1. The molecule has 2 N–H and O–H groups in total. The van der Waals surface area contributed by atoms with E-state index in [2.05, 4.69) is 5.32 Å². The summed E-state index contributed by atoms with van der Waals surface area (Å²) in [4.78, 5) is 11.7. The van der Waals surface area contributed by atoms with Crippen molar-refractivity contribution >= 4 is 17.2 Å². The van der Waals surface area contributed by atoms with Crippen LogP contribution in [0.3, 0.4) is 0 Å². The number of hydrogen-bond donors (Lipinski definition) is 2. The van der Waals surface area contributed by atoms with E-state index in [0.717, 1.165) is 24.8 Å². The molecule has 3 atom stereocenters. The van der Waals surface area contributed by atoms with Gasteiger partial charge in [-0.05, 0) is 30.7 Å². The number of benzene rings is 1. The van der Waals surface area contributed by atoms with Gasteiger partial charge in [-0.1, -0.05) is 30.3 Å². The van der Waals surface area contributed by atoms with Gasteiger partial charge in [-0.15, -0.1) is 0 Å². The molecule has 0 aliphatic heterocycles. The Balaban J connectivity index is 1.69. The zero-order chi connectivity index (χ0) is 14.4. The number of rotatable bonds is 5. The molecular formula is C14H19NO4S. The molecule has 0 bridgehead atoms. The minimum absolute atomic E-state index is 0.0480. The zero-order valence-corrected chi connectivity index (χ0v) is 12.0. The van der Waals surface area contributed by atoms with Crippen molar-refractivity contribution in [3.63, 3.8) is 0 Å². The summed E-state index contributed by atoms with van der Waals surface area (Å²) < 4.78 is 24.7. The average Bonchev–Trinajstić information content (AvgIpc) is 2.84. The molecule has 1 aliphatic carbocycles. The third-order valence-electron chi connectivity index (χ3n) is 3.45. The summed E-state index contributed by atoms with van der Waals surface area (Å²) in [7, 11) is 0. The summed E-state index contributed by atoms with van der Waals surface area (Å²) in [6.07, 6.45) is 2.02. The molecule has 2 rings (SSSR count). The number of nitrogens with one attached hydrogen (secondary N) is 1. The van der Waals surface area contributed by atoms with Gasteiger partial charge in [0.2, 0.25) is 0 Å². The van der Waals surface area contributed by atoms with Crippen molar-refractivity contribution in [1.29, 1.82) is 0 Å². The van der Waals surface area contributed by atoms with Crippen LogP contribution in [0.1, 0.15) is 24.8 Å². The maximum absolute atomic E-state index is 11.7. The van der Waals surface area contributed by atoms with Crippen LogP contribution >= 0.6 is 0 Å². The molecular weight excluding hydrogens is 278 g/mol. The molecule has 0 heterocycles. The Bertz CT molecular complexity index is 466. The highest BCUT2D eigenvalue weighted by atomic mass is 32.2. The molecule has 110 valence electrons. The predicted molar refractivity (Wildman–Crippen MR) is 76.5 cm³/mol. The van der Waals surface area contributed by atoms with E-state index in [-0.39, 0.29) is 24.3 Å². The van der Waals surface area contributed by atoms with E-state index in [1.165, 1.54) is 0 Å². The Kier molecular flexibility index (Phi) is 5.55. The Morgan fingerprint density at radius 3 is 2.80 bits per heavy atom. The first-order valence-electron chi connectivity index (χ1n) is 6.68. The molecule has 1 saturated carbocycles. The first-order chi connectivity index (χ1) is 9.63. The topological polar surface area (TPSA) is 75.6 Å². The second-order valence-electron chi connectivity index (χ2n) is 5.07. The van der Waals surface area contributed by atoms with Crippen LogP contribution in [0.4, 0.5) is 4.79 Å². The first-order valence-corrected chi connectivity index (χ1v) is 7.95. The highest BCUT2D eigenvalue weighted by Gasteiger charge is 2.27. The molecule has 0 aromatic heterocycles. The molecule has 1 fully saturated rings. The van der Waals surface area contributed by atoms with Gasteiger partial charge in [-0.3, -0.25) is 0 Å². The lowest BCUT2D eigenvalue weighted by atomic mass is 10.1. The molecule has 1 aromatic carbocycles. The zero-order valence-electron chi connectivity index (χ0n) is 11.2. The molecule has 1 amide bonds. The van der Waals surface area contributed by atoms with E-state index in [0.29, 0.717) is 0 Å². The van der Waals surface area contributed by atoms with Gasteiger partial charge in [0.25, 0.3) is 0 Å². The Labute approximate surface area is 121 Å². The molecule has 20 heavy (non-hydrogen) atoms. The van der Waals surface area contributed by atoms with Crippen LogP contribution in [0.5, 0.6) is 0 Å². The highest BCUT2D eigenvalue weighted by Crippen LogP contribution is 2.26. The Morgan fingerprint density at radius 2 is 2.10 bits per heavy atom. The summed E-state index contributed by atoms with van der Waals surface area (Å²) in [5.74, 6) is 0.498. The number of alkyl carbamates (subject to hydrolysis) is 1. The second-order valence-corrected chi connectivity index (χ2v) is 6.05. The Morgan fingerprint density at radius 1 is 1.35 bits per heavy atom. The van der Waals surface area contributed by atoms with Crippen LogP contribution in [0.2, 0.25) is 0 Å². The summed E-state index contributed by atoms with van der Waals surface area (Å²) in [6.45, 7) is 0.253. The lowest BCUT2D eigenvalue weighted by molar-refractivity contribution is 0.135. The van der Waals surface area contributed by atoms with Gasteiger partial charge in [0.1, 0.15) is 6.61 Å². The maximum Gasteiger partial charge on any atom is 0.407 e. The van der Waals surface area contributed by atoms with Crippen LogP contribution in [0.15, 0.2) is 30.3 Å². The molecule has 6 heteroatoms. The fourth-order valence-corrected chi connectivity index (χ4v) is 3.20. The van der Waals surface area contributed by atoms with Crippen LogP contribution in [-0.4, -0.2) is 26.6 Å². The first kappa shape index (κ1) is 15.0. The van der Waals surface area contributed by atoms with Gasteiger partial charge in [0, 0.05) is 6.04 Å². The fourth-order valence-electron chi connectivity index (χ4n) is 2.49. The van der Waals surface area contributed by atoms with Crippen LogP contribution in [-0.2, 0) is 22.4 Å². The van der Waals surface area contributed by atoms with Gasteiger partial charge in [-0.25, -0.2) is 9.00 Å². The minimum atomic E-state index is -1.76. The lowest BCUT2D eigenvalue weighted by Crippen LogP contribution is -2.33. The van der Waals surface area contributed by atoms with Gasteiger partial charge in [-0.2, -0.15) is 0 Å². The fraction of sp³-hybridized carbons (Fsp3) is 0.500. The second kappa shape index (κ2) is 7.40.